The number of hydrazone groups is 1. The number of para-hydroxylation sites is 1. The van der Waals surface area contributed by atoms with E-state index in [1.165, 1.54) is 0 Å². The molecule has 0 amide bonds. The van der Waals surface area contributed by atoms with Gasteiger partial charge >= 0.3 is 0 Å². The van der Waals surface area contributed by atoms with Crippen LogP contribution in [-0.4, -0.2) is 26.0 Å². The maximum Gasteiger partial charge on any atom is 0.265 e. The van der Waals surface area contributed by atoms with Gasteiger partial charge in [0.25, 0.3) is 5.95 Å². The van der Waals surface area contributed by atoms with E-state index in [1.54, 1.807) is 6.21 Å². The van der Waals surface area contributed by atoms with E-state index in [2.05, 4.69) is 48.3 Å². The number of aryl methyl sites for hydroxylation is 1. The number of furan rings is 1. The van der Waals surface area contributed by atoms with Crippen molar-refractivity contribution in [1.29, 1.82) is 0 Å². The van der Waals surface area contributed by atoms with E-state index in [0.29, 0.717) is 11.7 Å². The summed E-state index contributed by atoms with van der Waals surface area (Å²) in [6.07, 6.45) is 1.57. The van der Waals surface area contributed by atoms with Crippen molar-refractivity contribution in [3.05, 3.63) is 45.9 Å². The molecule has 1 aromatic carbocycles. The second-order valence-corrected chi connectivity index (χ2v) is 5.96. The van der Waals surface area contributed by atoms with E-state index in [-0.39, 0.29) is 0 Å². The fourth-order valence-electron chi connectivity index (χ4n) is 2.40. The molecule has 0 bridgehead atoms. The molecular weight excluding hydrogens is 407 g/mol. The fraction of sp³-hybridized carbons (Fsp3) is 0.0667. The van der Waals surface area contributed by atoms with Gasteiger partial charge in [-0.1, -0.05) is 18.2 Å². The predicted molar refractivity (Wildman–Crippen MR) is 96.5 cm³/mol. The molecule has 0 spiro atoms. The molecule has 0 atom stereocenters. The van der Waals surface area contributed by atoms with Crippen molar-refractivity contribution in [3.63, 3.8) is 0 Å². The Morgan fingerprint density at radius 2 is 2.09 bits per heavy atom. The number of nitrogens with one attached hydrogen (secondary N) is 1. The standard InChI is InChI=1S/C15H11IN6O/c1-22-11-5-3-2-4-10(11)13-14(22)18-15(21-19-13)20-17-8-9-6-7-12(16)23-9/h2-8H,1H3,(H,18,20,21)/b17-8+. The number of benzene rings is 1. The zero-order chi connectivity index (χ0) is 15.8. The Bertz CT molecular complexity index is 1030. The number of hydrogen-bond donors (Lipinski definition) is 1. The third kappa shape index (κ3) is 2.54. The summed E-state index contributed by atoms with van der Waals surface area (Å²) in [4.78, 5) is 4.48. The molecule has 23 heavy (non-hydrogen) atoms. The zero-order valence-electron chi connectivity index (χ0n) is 12.1. The van der Waals surface area contributed by atoms with Crippen LogP contribution in [0.25, 0.3) is 22.1 Å². The predicted octanol–water partition coefficient (Wildman–Crippen LogP) is 3.16. The van der Waals surface area contributed by atoms with Crippen LogP contribution in [0.4, 0.5) is 5.95 Å². The average Bonchev–Trinajstić information content (AvgIpc) is 3.10. The highest BCUT2D eigenvalue weighted by Gasteiger charge is 2.11. The number of aromatic nitrogens is 4. The molecule has 0 fully saturated rings. The van der Waals surface area contributed by atoms with Gasteiger partial charge in [0.15, 0.2) is 9.41 Å². The lowest BCUT2D eigenvalue weighted by atomic mass is 10.2. The molecule has 3 heterocycles. The highest BCUT2D eigenvalue weighted by molar-refractivity contribution is 14.1. The van der Waals surface area contributed by atoms with E-state index in [9.17, 15) is 0 Å². The Kier molecular flexibility index (Phi) is 3.45. The van der Waals surface area contributed by atoms with Gasteiger partial charge in [0.1, 0.15) is 11.3 Å². The minimum absolute atomic E-state index is 0.334. The molecular formula is C15H11IN6O. The molecule has 8 heteroatoms. The summed E-state index contributed by atoms with van der Waals surface area (Å²) in [6, 6.07) is 11.7. The fourth-order valence-corrected chi connectivity index (χ4v) is 2.84. The molecule has 0 aliphatic heterocycles. The van der Waals surface area contributed by atoms with Crippen LogP contribution in [0.15, 0.2) is 45.9 Å². The molecule has 0 aliphatic carbocycles. The lowest BCUT2D eigenvalue weighted by molar-refractivity contribution is 0.531. The Labute approximate surface area is 144 Å². The van der Waals surface area contributed by atoms with Crippen LogP contribution in [-0.2, 0) is 7.05 Å². The minimum atomic E-state index is 0.334. The van der Waals surface area contributed by atoms with Crippen LogP contribution in [0.1, 0.15) is 5.76 Å². The zero-order valence-corrected chi connectivity index (χ0v) is 14.2. The second-order valence-electron chi connectivity index (χ2n) is 4.90. The first-order chi connectivity index (χ1) is 11.2. The smallest absolute Gasteiger partial charge is 0.265 e. The molecule has 1 N–H and O–H groups in total. The maximum absolute atomic E-state index is 5.39. The summed E-state index contributed by atoms with van der Waals surface area (Å²) in [7, 11) is 1.96. The van der Waals surface area contributed by atoms with Crippen molar-refractivity contribution in [1.82, 2.24) is 19.7 Å². The van der Waals surface area contributed by atoms with Crippen LogP contribution >= 0.6 is 22.6 Å². The molecule has 114 valence electrons. The largest absolute Gasteiger partial charge is 0.449 e. The average molecular weight is 418 g/mol. The third-order valence-corrected chi connectivity index (χ3v) is 4.04. The highest BCUT2D eigenvalue weighted by atomic mass is 127. The van der Waals surface area contributed by atoms with Crippen LogP contribution in [0, 0.1) is 3.77 Å². The van der Waals surface area contributed by atoms with Gasteiger partial charge in [-0.2, -0.15) is 10.1 Å². The number of halogens is 1. The molecule has 0 saturated carbocycles. The molecule has 0 saturated heterocycles. The van der Waals surface area contributed by atoms with Crippen molar-refractivity contribution < 1.29 is 4.42 Å². The number of hydrogen-bond acceptors (Lipinski definition) is 6. The van der Waals surface area contributed by atoms with Gasteiger partial charge in [0.2, 0.25) is 0 Å². The Hall–Kier alpha value is -2.49. The van der Waals surface area contributed by atoms with E-state index in [0.717, 1.165) is 25.8 Å². The lowest BCUT2D eigenvalue weighted by Crippen LogP contribution is -2.00. The van der Waals surface area contributed by atoms with Gasteiger partial charge in [-0.15, -0.1) is 10.2 Å². The Morgan fingerprint density at radius 1 is 1.22 bits per heavy atom. The first-order valence-electron chi connectivity index (χ1n) is 6.84. The highest BCUT2D eigenvalue weighted by Crippen LogP contribution is 2.24. The molecule has 3 aromatic heterocycles. The van der Waals surface area contributed by atoms with Crippen molar-refractivity contribution in [2.45, 2.75) is 0 Å². The molecule has 7 nitrogen and oxygen atoms in total. The third-order valence-electron chi connectivity index (χ3n) is 3.46. The molecule has 0 aliphatic rings. The summed E-state index contributed by atoms with van der Waals surface area (Å²) < 4.78 is 8.18. The number of rotatable bonds is 3. The second kappa shape index (κ2) is 5.61. The van der Waals surface area contributed by atoms with Gasteiger partial charge < -0.3 is 8.98 Å². The Balaban J connectivity index is 1.67. The lowest BCUT2D eigenvalue weighted by Gasteiger charge is -1.99. The van der Waals surface area contributed by atoms with Crippen molar-refractivity contribution >= 4 is 56.8 Å². The topological polar surface area (TPSA) is 81.1 Å². The molecule has 4 rings (SSSR count). The van der Waals surface area contributed by atoms with Crippen molar-refractivity contribution in [2.75, 3.05) is 5.43 Å². The molecule has 0 radical (unpaired) electrons. The van der Waals surface area contributed by atoms with Gasteiger partial charge in [-0.3, -0.25) is 0 Å². The number of anilines is 1. The van der Waals surface area contributed by atoms with E-state index in [1.807, 2.05) is 48.0 Å². The quantitative estimate of drug-likeness (QED) is 0.314. The van der Waals surface area contributed by atoms with Crippen LogP contribution in [0.3, 0.4) is 0 Å². The van der Waals surface area contributed by atoms with Gasteiger partial charge in [-0.05, 0) is 40.8 Å². The van der Waals surface area contributed by atoms with Gasteiger partial charge in [0, 0.05) is 12.4 Å². The first kappa shape index (κ1) is 14.1. The van der Waals surface area contributed by atoms with Gasteiger partial charge in [0.05, 0.1) is 11.7 Å². The van der Waals surface area contributed by atoms with Crippen LogP contribution < -0.4 is 5.43 Å². The summed E-state index contributed by atoms with van der Waals surface area (Å²) in [5.41, 5.74) is 5.37. The summed E-state index contributed by atoms with van der Waals surface area (Å²) >= 11 is 2.10. The van der Waals surface area contributed by atoms with Crippen molar-refractivity contribution in [3.8, 4) is 0 Å². The minimum Gasteiger partial charge on any atom is -0.449 e. The SMILES string of the molecule is Cn1c2ccccc2c2nnc(N/N=C/c3ccc(I)o3)nc21. The van der Waals surface area contributed by atoms with Crippen LogP contribution in [0.5, 0.6) is 0 Å². The Morgan fingerprint density at radius 3 is 2.91 bits per heavy atom. The molecule has 4 aromatic rings. The normalized spacial score (nSPS) is 11.7. The maximum atomic E-state index is 5.39. The summed E-state index contributed by atoms with van der Waals surface area (Å²) in [6.45, 7) is 0. The van der Waals surface area contributed by atoms with Gasteiger partial charge in [-0.25, -0.2) is 5.43 Å². The number of nitrogens with zero attached hydrogens (tertiary/aromatic N) is 5. The van der Waals surface area contributed by atoms with E-state index < -0.39 is 0 Å². The summed E-state index contributed by atoms with van der Waals surface area (Å²) in [5, 5.41) is 13.4. The summed E-state index contributed by atoms with van der Waals surface area (Å²) in [5.74, 6) is 0.987. The number of fused-ring (bicyclic) bond motifs is 3. The van der Waals surface area contributed by atoms with E-state index >= 15 is 0 Å². The van der Waals surface area contributed by atoms with Crippen LogP contribution in [0.2, 0.25) is 0 Å². The van der Waals surface area contributed by atoms with Crippen molar-refractivity contribution in [2.24, 2.45) is 12.1 Å². The monoisotopic (exact) mass is 418 g/mol. The molecule has 0 unspecified atom stereocenters. The van der Waals surface area contributed by atoms with E-state index in [4.69, 9.17) is 4.42 Å². The first-order valence-corrected chi connectivity index (χ1v) is 7.92.